The predicted molar refractivity (Wildman–Crippen MR) is 90.1 cm³/mol. The van der Waals surface area contributed by atoms with Crippen molar-refractivity contribution in [1.29, 1.82) is 0 Å². The van der Waals surface area contributed by atoms with Crippen LogP contribution in [0.25, 0.3) is 0 Å². The van der Waals surface area contributed by atoms with E-state index in [0.717, 1.165) is 6.07 Å². The normalized spacial score (nSPS) is 22.8. The molecule has 0 unspecified atom stereocenters. The summed E-state index contributed by atoms with van der Waals surface area (Å²) in [5.74, 6) is -1.83. The van der Waals surface area contributed by atoms with Gasteiger partial charge in [0.05, 0.1) is 28.2 Å². The second-order valence-corrected chi connectivity index (χ2v) is 9.85. The van der Waals surface area contributed by atoms with Crippen molar-refractivity contribution in [3.05, 3.63) is 28.8 Å². The van der Waals surface area contributed by atoms with Crippen molar-refractivity contribution in [1.82, 2.24) is 10.0 Å². The summed E-state index contributed by atoms with van der Waals surface area (Å²) < 4.78 is 49.5. The summed E-state index contributed by atoms with van der Waals surface area (Å²) in [7, 11) is -7.34. The molecule has 0 radical (unpaired) electrons. The highest BCUT2D eigenvalue weighted by molar-refractivity contribution is 7.91. The van der Waals surface area contributed by atoms with Gasteiger partial charge in [-0.3, -0.25) is 0 Å². The lowest BCUT2D eigenvalue weighted by molar-refractivity contribution is 0.0696. The van der Waals surface area contributed by atoms with Gasteiger partial charge in [-0.1, -0.05) is 11.6 Å². The van der Waals surface area contributed by atoms with E-state index in [1.54, 1.807) is 0 Å². The summed E-state index contributed by atoms with van der Waals surface area (Å²) >= 11 is 5.82. The lowest BCUT2D eigenvalue weighted by atomic mass is 10.2. The average molecular weight is 413 g/mol. The Balaban J connectivity index is 1.96. The van der Waals surface area contributed by atoms with Crippen LogP contribution in [0.1, 0.15) is 10.4 Å². The first-order valence-electron chi connectivity index (χ1n) is 7.16. The Morgan fingerprint density at radius 2 is 1.96 bits per heavy atom. The molecule has 2 rings (SSSR count). The molecule has 1 aliphatic rings. The van der Waals surface area contributed by atoms with Gasteiger partial charge in [0.1, 0.15) is 4.90 Å². The number of hydrogen-bond donors (Lipinski definition) is 4. The highest BCUT2D eigenvalue weighted by Crippen LogP contribution is 2.22. The van der Waals surface area contributed by atoms with E-state index < -0.39 is 38.0 Å². The van der Waals surface area contributed by atoms with E-state index in [2.05, 4.69) is 10.0 Å². The van der Waals surface area contributed by atoms with E-state index in [1.807, 2.05) is 0 Å². The number of halogens is 1. The first-order chi connectivity index (χ1) is 11.5. The minimum atomic E-state index is -4.05. The SMILES string of the molecule is O=C(O)c1ccc(Cl)c(S(=O)(=O)NCCN[C@@H]2CS(=O)(=O)C[C@H]2O)c1. The molecule has 4 N–H and O–H groups in total. The van der Waals surface area contributed by atoms with Crippen LogP contribution in [0.4, 0.5) is 0 Å². The zero-order valence-corrected chi connectivity index (χ0v) is 15.2. The highest BCUT2D eigenvalue weighted by Gasteiger charge is 2.35. The lowest BCUT2D eigenvalue weighted by Gasteiger charge is -2.15. The molecule has 0 spiro atoms. The summed E-state index contributed by atoms with van der Waals surface area (Å²) in [6.45, 7) is -0.0219. The van der Waals surface area contributed by atoms with E-state index in [4.69, 9.17) is 16.7 Å². The minimum Gasteiger partial charge on any atom is -0.478 e. The monoisotopic (exact) mass is 412 g/mol. The Morgan fingerprint density at radius 1 is 1.28 bits per heavy atom. The topological polar surface area (TPSA) is 150 Å². The average Bonchev–Trinajstić information content (AvgIpc) is 2.76. The number of sulfone groups is 1. The molecule has 1 heterocycles. The zero-order valence-electron chi connectivity index (χ0n) is 12.8. The fourth-order valence-electron chi connectivity index (χ4n) is 2.39. The summed E-state index contributed by atoms with van der Waals surface area (Å²) in [6, 6.07) is 2.66. The van der Waals surface area contributed by atoms with Crippen LogP contribution in [0, 0.1) is 0 Å². The second-order valence-electron chi connectivity index (χ2n) is 5.55. The van der Waals surface area contributed by atoms with Gasteiger partial charge in [-0.15, -0.1) is 0 Å². The first-order valence-corrected chi connectivity index (χ1v) is 10.8. The van der Waals surface area contributed by atoms with Gasteiger partial charge in [-0.25, -0.2) is 26.4 Å². The van der Waals surface area contributed by atoms with Gasteiger partial charge in [0.2, 0.25) is 10.0 Å². The third-order valence-electron chi connectivity index (χ3n) is 3.61. The molecule has 1 fully saturated rings. The highest BCUT2D eigenvalue weighted by atomic mass is 35.5. The van der Waals surface area contributed by atoms with Gasteiger partial charge in [0.25, 0.3) is 0 Å². The van der Waals surface area contributed by atoms with Crippen molar-refractivity contribution < 1.29 is 31.8 Å². The molecular formula is C13H17ClN2O7S2. The van der Waals surface area contributed by atoms with E-state index in [0.29, 0.717) is 0 Å². The van der Waals surface area contributed by atoms with Gasteiger partial charge in [-0.2, -0.15) is 0 Å². The Labute approximate surface area is 150 Å². The number of hydrogen-bond acceptors (Lipinski definition) is 7. The molecule has 25 heavy (non-hydrogen) atoms. The van der Waals surface area contributed by atoms with E-state index in [9.17, 15) is 26.7 Å². The number of aromatic carboxylic acids is 1. The Morgan fingerprint density at radius 3 is 2.52 bits per heavy atom. The Hall–Kier alpha value is -1.24. The van der Waals surface area contributed by atoms with E-state index in [-0.39, 0.29) is 40.1 Å². The largest absolute Gasteiger partial charge is 0.478 e. The molecule has 1 saturated heterocycles. The fourth-order valence-corrected chi connectivity index (χ4v) is 5.72. The third-order valence-corrected chi connectivity index (χ3v) is 7.27. The van der Waals surface area contributed by atoms with Crippen molar-refractivity contribution in [2.75, 3.05) is 24.6 Å². The molecule has 1 aromatic carbocycles. The van der Waals surface area contributed by atoms with Crippen LogP contribution in [0.15, 0.2) is 23.1 Å². The standard InChI is InChI=1S/C13H17ClN2O7S2/c14-9-2-1-8(13(18)19)5-12(9)25(22,23)16-4-3-15-10-6-24(20,21)7-11(10)17/h1-2,5,10-11,15-17H,3-4,6-7H2,(H,18,19)/t10-,11-/m1/s1. The van der Waals surface area contributed by atoms with Crippen LogP contribution in [-0.4, -0.2) is 69.8 Å². The number of carbonyl (C=O) groups is 1. The van der Waals surface area contributed by atoms with Gasteiger partial charge >= 0.3 is 5.97 Å². The lowest BCUT2D eigenvalue weighted by Crippen LogP contribution is -2.42. The number of carboxylic acid groups (broad SMARTS) is 1. The van der Waals surface area contributed by atoms with E-state index in [1.165, 1.54) is 12.1 Å². The summed E-state index contributed by atoms with van der Waals surface area (Å²) in [4.78, 5) is 10.6. The predicted octanol–water partition coefficient (Wildman–Crippen LogP) is -0.936. The summed E-state index contributed by atoms with van der Waals surface area (Å²) in [5.41, 5.74) is -0.220. The fraction of sp³-hybridized carbons (Fsp3) is 0.462. The molecule has 0 aliphatic carbocycles. The molecule has 1 aromatic rings. The molecular weight excluding hydrogens is 396 g/mol. The third kappa shape index (κ3) is 5.12. The zero-order chi connectivity index (χ0) is 18.8. The molecule has 0 bridgehead atoms. The van der Waals surface area contributed by atoms with Crippen LogP contribution < -0.4 is 10.0 Å². The quantitative estimate of drug-likeness (QED) is 0.419. The molecule has 140 valence electrons. The van der Waals surface area contributed by atoms with Gasteiger partial charge < -0.3 is 15.5 Å². The van der Waals surface area contributed by atoms with Gasteiger partial charge in [0, 0.05) is 19.1 Å². The van der Waals surface area contributed by atoms with Crippen molar-refractivity contribution in [2.24, 2.45) is 0 Å². The van der Waals surface area contributed by atoms with Crippen molar-refractivity contribution in [3.8, 4) is 0 Å². The molecule has 0 saturated carbocycles. The van der Waals surface area contributed by atoms with Crippen LogP contribution in [0.2, 0.25) is 5.02 Å². The molecule has 0 aromatic heterocycles. The molecule has 1 aliphatic heterocycles. The van der Waals surface area contributed by atoms with Gasteiger partial charge in [-0.05, 0) is 18.2 Å². The second kappa shape index (κ2) is 7.56. The molecule has 0 amide bonds. The maximum atomic E-state index is 12.2. The Kier molecular flexibility index (Phi) is 6.07. The number of carboxylic acids is 1. The van der Waals surface area contributed by atoms with Crippen molar-refractivity contribution in [2.45, 2.75) is 17.0 Å². The smallest absolute Gasteiger partial charge is 0.335 e. The number of sulfonamides is 1. The Bertz CT molecular complexity index is 870. The number of rotatable bonds is 7. The van der Waals surface area contributed by atoms with Crippen molar-refractivity contribution >= 4 is 37.4 Å². The maximum absolute atomic E-state index is 12.2. The van der Waals surface area contributed by atoms with Crippen LogP contribution >= 0.6 is 11.6 Å². The van der Waals surface area contributed by atoms with E-state index >= 15 is 0 Å². The van der Waals surface area contributed by atoms with Crippen LogP contribution in [-0.2, 0) is 19.9 Å². The van der Waals surface area contributed by atoms with Crippen molar-refractivity contribution in [3.63, 3.8) is 0 Å². The first kappa shape index (κ1) is 20.1. The number of benzene rings is 1. The summed E-state index contributed by atoms with van der Waals surface area (Å²) in [5, 5.41) is 21.2. The van der Waals surface area contributed by atoms with Gasteiger partial charge in [0.15, 0.2) is 9.84 Å². The molecule has 12 heteroatoms. The minimum absolute atomic E-state index is 0.0761. The van der Waals surface area contributed by atoms with Crippen LogP contribution in [0.5, 0.6) is 0 Å². The summed E-state index contributed by atoms with van der Waals surface area (Å²) in [6.07, 6.45) is -1.04. The molecule has 9 nitrogen and oxygen atoms in total. The molecule has 2 atom stereocenters. The number of aliphatic hydroxyl groups is 1. The van der Waals surface area contributed by atoms with Crippen LogP contribution in [0.3, 0.4) is 0 Å². The number of aliphatic hydroxyl groups excluding tert-OH is 1. The maximum Gasteiger partial charge on any atom is 0.335 e. The number of nitrogens with one attached hydrogen (secondary N) is 2.